The van der Waals surface area contributed by atoms with Gasteiger partial charge in [0, 0.05) is 35.1 Å². The number of rotatable bonds is 5. The van der Waals surface area contributed by atoms with Crippen molar-refractivity contribution in [2.24, 2.45) is 0 Å². The van der Waals surface area contributed by atoms with Gasteiger partial charge in [-0.3, -0.25) is 9.59 Å². The third-order valence-corrected chi connectivity index (χ3v) is 4.72. The van der Waals surface area contributed by atoms with Gasteiger partial charge in [0.05, 0.1) is 6.42 Å². The van der Waals surface area contributed by atoms with Gasteiger partial charge in [0.15, 0.2) is 0 Å². The number of nitrogens with zero attached hydrogens (tertiary/aromatic N) is 1. The molecule has 0 saturated carbocycles. The topological polar surface area (TPSA) is 78.9 Å². The Labute approximate surface area is 159 Å². The molecule has 3 rings (SSSR count). The molecular formula is C19H19BrN2O4. The molecule has 2 amide bonds. The highest BCUT2D eigenvalue weighted by molar-refractivity contribution is 9.10. The average Bonchev–Trinajstić information content (AvgIpc) is 3.01. The van der Waals surface area contributed by atoms with Crippen LogP contribution in [0.15, 0.2) is 40.9 Å². The van der Waals surface area contributed by atoms with Crippen molar-refractivity contribution in [3.63, 3.8) is 0 Å². The Kier molecular flexibility index (Phi) is 5.58. The number of phenolic OH excluding ortho intramolecular Hbond substituents is 1. The lowest BCUT2D eigenvalue weighted by Gasteiger charge is -2.17. The number of benzene rings is 2. The summed E-state index contributed by atoms with van der Waals surface area (Å²) in [4.78, 5) is 26.0. The lowest BCUT2D eigenvalue weighted by atomic mass is 10.1. The molecule has 0 unspecified atom stereocenters. The molecule has 0 spiro atoms. The minimum atomic E-state index is -0.215. The number of aromatic hydroxyl groups is 1. The van der Waals surface area contributed by atoms with Gasteiger partial charge >= 0.3 is 0 Å². The quantitative estimate of drug-likeness (QED) is 0.782. The van der Waals surface area contributed by atoms with Gasteiger partial charge in [0.1, 0.15) is 12.4 Å². The number of hydrogen-bond donors (Lipinski definition) is 2. The van der Waals surface area contributed by atoms with E-state index >= 15 is 0 Å². The zero-order valence-corrected chi connectivity index (χ0v) is 15.9. The van der Waals surface area contributed by atoms with Crippen LogP contribution in [-0.2, 0) is 27.2 Å². The van der Waals surface area contributed by atoms with Gasteiger partial charge in [-0.25, -0.2) is 0 Å². The lowest BCUT2D eigenvalue weighted by molar-refractivity contribution is -0.122. The fourth-order valence-corrected chi connectivity index (χ4v) is 3.35. The summed E-state index contributed by atoms with van der Waals surface area (Å²) in [6, 6.07) is 10.5. The average molecular weight is 419 g/mol. The highest BCUT2D eigenvalue weighted by atomic mass is 79.9. The molecule has 7 heteroatoms. The third-order valence-electron chi connectivity index (χ3n) is 4.23. The molecule has 0 aromatic heterocycles. The van der Waals surface area contributed by atoms with Crippen molar-refractivity contribution >= 4 is 39.1 Å². The second-order valence-electron chi connectivity index (χ2n) is 6.07. The van der Waals surface area contributed by atoms with Crippen molar-refractivity contribution in [3.8, 4) is 5.75 Å². The Morgan fingerprint density at radius 2 is 2.08 bits per heavy atom. The first kappa shape index (κ1) is 18.4. The number of amides is 2. The van der Waals surface area contributed by atoms with Gasteiger partial charge in [-0.2, -0.15) is 0 Å². The molecule has 0 radical (unpaired) electrons. The number of nitrogens with one attached hydrogen (secondary N) is 1. The minimum Gasteiger partial charge on any atom is -0.508 e. The van der Waals surface area contributed by atoms with Crippen LogP contribution in [0.1, 0.15) is 11.1 Å². The summed E-state index contributed by atoms with van der Waals surface area (Å²) in [6.07, 6.45) is 0.816. The summed E-state index contributed by atoms with van der Waals surface area (Å²) in [5, 5.41) is 12.7. The van der Waals surface area contributed by atoms with Crippen LogP contribution in [0.2, 0.25) is 0 Å². The van der Waals surface area contributed by atoms with Crippen LogP contribution in [0.5, 0.6) is 5.75 Å². The van der Waals surface area contributed by atoms with E-state index in [0.717, 1.165) is 22.1 Å². The molecule has 0 fully saturated rings. The first-order chi connectivity index (χ1) is 12.5. The lowest BCUT2D eigenvalue weighted by Crippen LogP contribution is -2.31. The SMILES string of the molecule is COCC(=O)N1CCc2cc(NC(=O)Cc3ccc(Br)cc3O)ccc21. The monoisotopic (exact) mass is 418 g/mol. The Morgan fingerprint density at radius 3 is 2.81 bits per heavy atom. The van der Waals surface area contributed by atoms with Gasteiger partial charge < -0.3 is 20.1 Å². The molecule has 2 aromatic carbocycles. The molecular weight excluding hydrogens is 400 g/mol. The molecule has 0 saturated heterocycles. The maximum absolute atomic E-state index is 12.3. The van der Waals surface area contributed by atoms with Gasteiger partial charge in [-0.05, 0) is 42.3 Å². The van der Waals surface area contributed by atoms with Gasteiger partial charge in [-0.1, -0.05) is 22.0 Å². The van der Waals surface area contributed by atoms with E-state index in [-0.39, 0.29) is 30.6 Å². The van der Waals surface area contributed by atoms with Crippen LogP contribution < -0.4 is 10.2 Å². The number of hydrogen-bond acceptors (Lipinski definition) is 4. The summed E-state index contributed by atoms with van der Waals surface area (Å²) in [7, 11) is 1.50. The van der Waals surface area contributed by atoms with Crippen LogP contribution in [-0.4, -0.2) is 37.2 Å². The van der Waals surface area contributed by atoms with E-state index in [1.54, 1.807) is 29.2 Å². The molecule has 1 heterocycles. The number of carbonyl (C=O) groups is 2. The van der Waals surface area contributed by atoms with E-state index < -0.39 is 0 Å². The van der Waals surface area contributed by atoms with Crippen LogP contribution in [0, 0.1) is 0 Å². The summed E-state index contributed by atoms with van der Waals surface area (Å²) >= 11 is 3.27. The predicted molar refractivity (Wildman–Crippen MR) is 103 cm³/mol. The number of phenols is 1. The predicted octanol–water partition coefficient (Wildman–Crippen LogP) is 2.87. The largest absolute Gasteiger partial charge is 0.508 e. The maximum Gasteiger partial charge on any atom is 0.252 e. The van der Waals surface area contributed by atoms with Crippen molar-refractivity contribution in [1.29, 1.82) is 0 Å². The van der Waals surface area contributed by atoms with Gasteiger partial charge in [-0.15, -0.1) is 0 Å². The zero-order chi connectivity index (χ0) is 18.7. The number of anilines is 2. The number of carbonyl (C=O) groups excluding carboxylic acids is 2. The highest BCUT2D eigenvalue weighted by Crippen LogP contribution is 2.31. The summed E-state index contributed by atoms with van der Waals surface area (Å²) in [5.74, 6) is -0.211. The number of halogens is 1. The summed E-state index contributed by atoms with van der Waals surface area (Å²) < 4.78 is 5.66. The molecule has 0 atom stereocenters. The standard InChI is InChI=1S/C19H19BrN2O4/c1-26-11-19(25)22-7-6-12-8-15(4-5-16(12)22)21-18(24)9-13-2-3-14(20)10-17(13)23/h2-5,8,10,23H,6-7,9,11H2,1H3,(H,21,24). The smallest absolute Gasteiger partial charge is 0.252 e. The molecule has 1 aliphatic rings. The molecule has 26 heavy (non-hydrogen) atoms. The van der Waals surface area contributed by atoms with E-state index in [9.17, 15) is 14.7 Å². The van der Waals surface area contributed by atoms with Crippen LogP contribution in [0.3, 0.4) is 0 Å². The Hall–Kier alpha value is -2.38. The molecule has 136 valence electrons. The first-order valence-electron chi connectivity index (χ1n) is 8.17. The van der Waals surface area contributed by atoms with Crippen molar-refractivity contribution in [1.82, 2.24) is 0 Å². The van der Waals surface area contributed by atoms with Gasteiger partial charge in [0.25, 0.3) is 5.91 Å². The number of fused-ring (bicyclic) bond motifs is 1. The molecule has 0 bridgehead atoms. The fraction of sp³-hybridized carbons (Fsp3) is 0.263. The molecule has 2 N–H and O–H groups in total. The Morgan fingerprint density at radius 1 is 1.27 bits per heavy atom. The molecule has 2 aromatic rings. The summed E-state index contributed by atoms with van der Waals surface area (Å²) in [5.41, 5.74) is 3.10. The summed E-state index contributed by atoms with van der Waals surface area (Å²) in [6.45, 7) is 0.663. The van der Waals surface area contributed by atoms with Crippen molar-refractivity contribution in [3.05, 3.63) is 52.0 Å². The molecule has 0 aliphatic carbocycles. The van der Waals surface area contributed by atoms with E-state index in [2.05, 4.69) is 21.2 Å². The number of ether oxygens (including phenoxy) is 1. The Bertz CT molecular complexity index is 853. The maximum atomic E-state index is 12.3. The highest BCUT2D eigenvalue weighted by Gasteiger charge is 2.24. The second-order valence-corrected chi connectivity index (χ2v) is 6.99. The van der Waals surface area contributed by atoms with E-state index in [1.165, 1.54) is 7.11 Å². The van der Waals surface area contributed by atoms with Crippen LogP contribution in [0.4, 0.5) is 11.4 Å². The zero-order valence-electron chi connectivity index (χ0n) is 14.3. The van der Waals surface area contributed by atoms with Gasteiger partial charge in [0.2, 0.25) is 5.91 Å². The van der Waals surface area contributed by atoms with E-state index in [1.807, 2.05) is 12.1 Å². The fourth-order valence-electron chi connectivity index (χ4n) is 3.00. The van der Waals surface area contributed by atoms with Crippen molar-refractivity contribution in [2.75, 3.05) is 30.5 Å². The first-order valence-corrected chi connectivity index (χ1v) is 8.96. The third kappa shape index (κ3) is 4.05. The van der Waals surface area contributed by atoms with Crippen molar-refractivity contribution in [2.45, 2.75) is 12.8 Å². The van der Waals surface area contributed by atoms with Crippen LogP contribution in [0.25, 0.3) is 0 Å². The van der Waals surface area contributed by atoms with E-state index in [0.29, 0.717) is 17.8 Å². The second kappa shape index (κ2) is 7.88. The van der Waals surface area contributed by atoms with Crippen molar-refractivity contribution < 1.29 is 19.4 Å². The minimum absolute atomic E-state index is 0.0502. The normalized spacial score (nSPS) is 12.8. The Balaban J connectivity index is 1.68. The van der Waals surface area contributed by atoms with E-state index in [4.69, 9.17) is 4.74 Å². The number of methoxy groups -OCH3 is 1. The molecule has 6 nitrogen and oxygen atoms in total. The molecule has 1 aliphatic heterocycles. The van der Waals surface area contributed by atoms with Crippen LogP contribution >= 0.6 is 15.9 Å².